The number of thioether (sulfide) groups is 1. The number of carbonyl (C=O) groups is 1. The molecule has 2 aliphatic carbocycles. The first-order chi connectivity index (χ1) is 16.6. The first-order valence-corrected chi connectivity index (χ1v) is 16.2. The summed E-state index contributed by atoms with van der Waals surface area (Å²) < 4.78 is 0. The van der Waals surface area contributed by atoms with Crippen molar-refractivity contribution in [2.45, 2.75) is 93.5 Å². The normalized spacial score (nSPS) is 28.2. The van der Waals surface area contributed by atoms with Crippen molar-refractivity contribution in [1.29, 1.82) is 0 Å². The van der Waals surface area contributed by atoms with Gasteiger partial charge in [-0.3, -0.25) is 9.78 Å². The van der Waals surface area contributed by atoms with Gasteiger partial charge in [-0.2, -0.15) is 37.3 Å². The molecule has 2 unspecified atom stereocenters. The molecule has 2 bridgehead atoms. The maximum atomic E-state index is 11.1. The van der Waals surface area contributed by atoms with E-state index in [1.807, 2.05) is 12.1 Å². The third-order valence-electron chi connectivity index (χ3n) is 6.46. The number of carboxylic acid groups (broad SMARTS) is 1. The van der Waals surface area contributed by atoms with Gasteiger partial charge in [-0.15, -0.1) is 24.9 Å². The Labute approximate surface area is 228 Å². The zero-order valence-corrected chi connectivity index (χ0v) is 22.8. The number of carboxylic acids is 1. The second-order valence-electron chi connectivity index (χ2n) is 8.85. The molecule has 2 saturated carbocycles. The Morgan fingerprint density at radius 3 is 1.74 bits per heavy atom. The van der Waals surface area contributed by atoms with Gasteiger partial charge in [-0.1, -0.05) is 51.4 Å². The van der Waals surface area contributed by atoms with E-state index in [-0.39, 0.29) is 36.7 Å². The van der Waals surface area contributed by atoms with Gasteiger partial charge in [-0.25, -0.2) is 0 Å². The van der Waals surface area contributed by atoms with Crippen molar-refractivity contribution in [3.05, 3.63) is 44.8 Å². The molecular weight excluding hydrogens is 536 g/mol. The van der Waals surface area contributed by atoms with Crippen LogP contribution in [0.3, 0.4) is 0 Å². The van der Waals surface area contributed by atoms with Crippen LogP contribution in [0.15, 0.2) is 17.0 Å². The topological polar surface area (TPSA) is 107 Å². The molecule has 3 aliphatic rings. The van der Waals surface area contributed by atoms with Gasteiger partial charge in [-0.05, 0) is 12.1 Å². The van der Waals surface area contributed by atoms with E-state index in [4.69, 9.17) is 51.6 Å². The predicted octanol–water partition coefficient (Wildman–Crippen LogP) is 7.75. The zero-order valence-electron chi connectivity index (χ0n) is 19.3. The molecule has 0 spiro atoms. The maximum Gasteiger partial charge on any atom is 0 e. The molecule has 0 saturated heterocycles. The van der Waals surface area contributed by atoms with Gasteiger partial charge >= 0.3 is 39.3 Å². The summed E-state index contributed by atoms with van der Waals surface area (Å²) in [4.78, 5) is 16.8. The Morgan fingerprint density at radius 2 is 1.32 bits per heavy atom. The molecular formula is C23H41Cl2MnN5O2S-4. The molecule has 1 aromatic rings. The Hall–Kier alpha value is -0.0905. The molecule has 2 heterocycles. The van der Waals surface area contributed by atoms with E-state index in [1.54, 1.807) is 0 Å². The molecule has 0 aromatic carbocycles. The molecule has 4 atom stereocenters. The van der Waals surface area contributed by atoms with Crippen LogP contribution >= 0.6 is 32.0 Å². The molecule has 1 aromatic heterocycles. The molecule has 7 nitrogen and oxygen atoms in total. The van der Waals surface area contributed by atoms with Gasteiger partial charge in [0, 0.05) is 22.0 Å². The molecule has 201 valence electrons. The van der Waals surface area contributed by atoms with E-state index in [2.05, 4.69) is 0 Å². The van der Waals surface area contributed by atoms with E-state index in [1.165, 1.54) is 37.4 Å². The standard InChI is InChI=1S/C23H33N5O2S.2ClH.Mn.4H2/c29-23(30)15-31-18-11-16-13-26-21-7-3-1-5-19(21)24-9-10-25-20-6-2-4-8-22(20)27-14-17(12-18)28-16;;;;;;;/h11-12,19-22H,1-10,13-15H2,(H,29,30);2*1H;;4*1H/q-4;;;+2;;;;/p-2/t19-,20?,21-,22?;;;;;;;/m1......./s1. The van der Waals surface area contributed by atoms with E-state index >= 15 is 0 Å². The van der Waals surface area contributed by atoms with Crippen molar-refractivity contribution in [1.82, 2.24) is 4.98 Å². The number of pyridine rings is 1. The second kappa shape index (κ2) is 15.9. The summed E-state index contributed by atoms with van der Waals surface area (Å²) in [6, 6.07) is 5.09. The quantitative estimate of drug-likeness (QED) is 0.293. The van der Waals surface area contributed by atoms with Gasteiger partial charge in [0.2, 0.25) is 0 Å². The van der Waals surface area contributed by atoms with Crippen molar-refractivity contribution in [2.75, 3.05) is 18.8 Å². The van der Waals surface area contributed by atoms with Gasteiger partial charge in [0.25, 0.3) is 0 Å². The van der Waals surface area contributed by atoms with Gasteiger partial charge in [0.05, 0.1) is 5.75 Å². The number of fused-ring (bicyclic) bond motifs is 4. The monoisotopic (exact) mass is 576 g/mol. The summed E-state index contributed by atoms with van der Waals surface area (Å²) in [5.74, 6) is -0.763. The molecule has 11 heteroatoms. The van der Waals surface area contributed by atoms with Crippen molar-refractivity contribution in [3.8, 4) is 0 Å². The third-order valence-corrected chi connectivity index (χ3v) is 7.42. The van der Waals surface area contributed by atoms with Gasteiger partial charge in [0.1, 0.15) is 0 Å². The van der Waals surface area contributed by atoms with Crippen LogP contribution in [-0.4, -0.2) is 59.1 Å². The Morgan fingerprint density at radius 1 is 0.912 bits per heavy atom. The Bertz CT molecular complexity index is 736. The molecule has 4 rings (SSSR count). The summed E-state index contributed by atoms with van der Waals surface area (Å²) in [7, 11) is 9.59. The average Bonchev–Trinajstić information content (AvgIpc) is 2.84. The van der Waals surface area contributed by atoms with Crippen LogP contribution in [0.25, 0.3) is 21.3 Å². The summed E-state index contributed by atoms with van der Waals surface area (Å²) in [6.45, 7) is 2.70. The number of nitrogens with zero attached hydrogens (tertiary/aromatic N) is 5. The molecule has 0 amide bonds. The summed E-state index contributed by atoms with van der Waals surface area (Å²) >= 11 is 1.35. The van der Waals surface area contributed by atoms with Crippen LogP contribution in [0, 0.1) is 0 Å². The summed E-state index contributed by atoms with van der Waals surface area (Å²) in [6.07, 6.45) is 9.28. The minimum absolute atomic E-state index is 0. The number of hydrogen-bond donors (Lipinski definition) is 1. The molecule has 1 aliphatic heterocycles. The van der Waals surface area contributed by atoms with E-state index < -0.39 is 5.97 Å². The first kappa shape index (κ1) is 28.5. The maximum absolute atomic E-state index is 11.1. The fourth-order valence-corrected chi connectivity index (χ4v) is 5.64. The van der Waals surface area contributed by atoms with Crippen LogP contribution in [0.1, 0.15) is 68.5 Å². The van der Waals surface area contributed by atoms with Crippen LogP contribution in [0.5, 0.6) is 0 Å². The van der Waals surface area contributed by atoms with Crippen LogP contribution in [0.2, 0.25) is 0 Å². The molecule has 0 radical (unpaired) electrons. The molecule has 34 heavy (non-hydrogen) atoms. The Kier molecular flexibility index (Phi) is 13.3. The van der Waals surface area contributed by atoms with E-state index in [9.17, 15) is 4.79 Å². The van der Waals surface area contributed by atoms with Crippen LogP contribution < -0.4 is 0 Å². The van der Waals surface area contributed by atoms with Crippen molar-refractivity contribution < 1.29 is 28.7 Å². The third kappa shape index (κ3) is 9.75. The number of aromatic nitrogens is 1. The number of hydrogen-bond acceptors (Lipinski definition) is 3. The number of aliphatic carboxylic acids is 1. The smallest absolute Gasteiger partial charge is 0 e. The Balaban J connectivity index is 0. The minimum Gasteiger partial charge on any atom is 0 e. The van der Waals surface area contributed by atoms with Crippen molar-refractivity contribution in [3.63, 3.8) is 0 Å². The van der Waals surface area contributed by atoms with E-state index in [0.717, 1.165) is 55.1 Å². The molecule has 2 fully saturated rings. The number of rotatable bonds is 3. The molecule has 1 N–H and O–H groups in total. The first-order valence-electron chi connectivity index (χ1n) is 12.0. The fraction of sp³-hybridized carbons (Fsp3) is 0.739. The van der Waals surface area contributed by atoms with Crippen LogP contribution in [-0.2, 0) is 31.0 Å². The van der Waals surface area contributed by atoms with Gasteiger partial charge < -0.3 is 26.4 Å². The van der Waals surface area contributed by atoms with Crippen LogP contribution in [0.4, 0.5) is 0 Å². The van der Waals surface area contributed by atoms with Crippen molar-refractivity contribution in [2.24, 2.45) is 0 Å². The van der Waals surface area contributed by atoms with Crippen molar-refractivity contribution >= 4 is 37.9 Å². The van der Waals surface area contributed by atoms with Gasteiger partial charge in [0.15, 0.2) is 0 Å². The average molecular weight is 578 g/mol. The summed E-state index contributed by atoms with van der Waals surface area (Å²) in [5, 5.41) is 29.0. The predicted molar refractivity (Wildman–Crippen MR) is 145 cm³/mol. The SMILES string of the molecule is O=C(O)CSc1cc2nc(c1)C[N-][C@@H]1CCCC[C@H]1[N-]CC[N-]C1CCCCC1[N-]C2.[Cl][Mn][Cl].[HH].[HH].[HH].[HH]. The largest absolute Gasteiger partial charge is 0 e. The number of halogens is 2. The summed E-state index contributed by atoms with van der Waals surface area (Å²) in [5.41, 5.74) is 1.81. The minimum atomic E-state index is -0.809. The van der Waals surface area contributed by atoms with E-state index in [0.29, 0.717) is 25.2 Å². The zero-order chi connectivity index (χ0) is 24.2. The second-order valence-corrected chi connectivity index (χ2v) is 11.9. The fourth-order valence-electron chi connectivity index (χ4n) is 4.91.